The number of nitrogens with zero attached hydrogens (tertiary/aromatic N) is 2. The van der Waals surface area contributed by atoms with Crippen LogP contribution in [0.5, 0.6) is 5.88 Å². The van der Waals surface area contributed by atoms with Gasteiger partial charge in [0.05, 0.1) is 12.1 Å². The number of nitrogen functional groups attached to an aromatic ring is 1. The van der Waals surface area contributed by atoms with Crippen LogP contribution >= 0.6 is 11.3 Å². The fourth-order valence-electron chi connectivity index (χ4n) is 1.70. The first-order valence-electron chi connectivity index (χ1n) is 5.54. The maximum atomic E-state index is 6.01. The van der Waals surface area contributed by atoms with E-state index >= 15 is 0 Å². The first-order valence-corrected chi connectivity index (χ1v) is 6.36. The lowest BCUT2D eigenvalue weighted by Gasteiger charge is -2.00. The average Bonchev–Trinajstić information content (AvgIpc) is 3.13. The quantitative estimate of drug-likeness (QED) is 0.905. The van der Waals surface area contributed by atoms with E-state index < -0.39 is 0 Å². The lowest BCUT2D eigenvalue weighted by atomic mass is 10.2. The largest absolute Gasteiger partial charge is 0.481 e. The summed E-state index contributed by atoms with van der Waals surface area (Å²) >= 11 is 1.60. The summed E-state index contributed by atoms with van der Waals surface area (Å²) in [5.41, 5.74) is 7.81. The van der Waals surface area contributed by atoms with Crippen molar-refractivity contribution in [1.29, 1.82) is 0 Å². The summed E-state index contributed by atoms with van der Waals surface area (Å²) in [6.07, 6.45) is 4.24. The summed E-state index contributed by atoms with van der Waals surface area (Å²) < 4.78 is 5.03. The molecule has 4 nitrogen and oxygen atoms in total. The smallest absolute Gasteiger partial charge is 0.212 e. The highest BCUT2D eigenvalue weighted by Crippen LogP contribution is 2.45. The fraction of sp³-hybridized carbons (Fsp3) is 0.333. The van der Waals surface area contributed by atoms with Gasteiger partial charge in [0.25, 0.3) is 0 Å². The first kappa shape index (κ1) is 10.5. The third-order valence-corrected chi connectivity index (χ3v) is 3.86. The third kappa shape index (κ3) is 1.98. The fourth-order valence-corrected chi connectivity index (χ4v) is 2.73. The molecule has 2 aromatic rings. The molecule has 1 saturated carbocycles. The van der Waals surface area contributed by atoms with E-state index in [1.807, 2.05) is 12.1 Å². The summed E-state index contributed by atoms with van der Waals surface area (Å²) in [5, 5.41) is 1.94. The molecule has 0 amide bonds. The van der Waals surface area contributed by atoms with Crippen molar-refractivity contribution in [3.05, 3.63) is 23.3 Å². The highest BCUT2D eigenvalue weighted by Gasteiger charge is 2.28. The molecule has 0 aliphatic heterocycles. The second-order valence-electron chi connectivity index (χ2n) is 4.13. The van der Waals surface area contributed by atoms with E-state index in [9.17, 15) is 0 Å². The Morgan fingerprint density at radius 2 is 2.24 bits per heavy atom. The summed E-state index contributed by atoms with van der Waals surface area (Å²) in [7, 11) is 1.60. The molecule has 0 spiro atoms. The molecular formula is C12H13N3OS. The molecule has 5 heteroatoms. The summed E-state index contributed by atoms with van der Waals surface area (Å²) in [4.78, 5) is 8.78. The van der Waals surface area contributed by atoms with Crippen molar-refractivity contribution in [2.75, 3.05) is 12.8 Å². The van der Waals surface area contributed by atoms with Crippen LogP contribution in [0, 0.1) is 0 Å². The number of pyridine rings is 1. The van der Waals surface area contributed by atoms with Crippen LogP contribution in [0.2, 0.25) is 0 Å². The van der Waals surface area contributed by atoms with Crippen LogP contribution in [0.3, 0.4) is 0 Å². The van der Waals surface area contributed by atoms with Crippen molar-refractivity contribution in [3.8, 4) is 17.1 Å². The van der Waals surface area contributed by atoms with E-state index in [0.29, 0.717) is 11.8 Å². The lowest BCUT2D eigenvalue weighted by molar-refractivity contribution is 0.398. The number of aromatic nitrogens is 2. The van der Waals surface area contributed by atoms with Gasteiger partial charge >= 0.3 is 0 Å². The van der Waals surface area contributed by atoms with Gasteiger partial charge in [-0.25, -0.2) is 9.97 Å². The zero-order valence-electron chi connectivity index (χ0n) is 9.51. The first-order chi connectivity index (χ1) is 8.28. The maximum absolute atomic E-state index is 6.01. The number of hydrogen-bond donors (Lipinski definition) is 1. The van der Waals surface area contributed by atoms with Crippen LogP contribution < -0.4 is 10.5 Å². The highest BCUT2D eigenvalue weighted by atomic mass is 32.1. The third-order valence-electron chi connectivity index (χ3n) is 2.82. The standard InChI is InChI=1S/C12H13N3OS/c1-16-9-5-4-8(6-14-9)10-11(13)17-12(15-10)7-2-3-7/h4-7H,2-3,13H2,1H3. The van der Waals surface area contributed by atoms with Crippen LogP contribution in [-0.4, -0.2) is 17.1 Å². The van der Waals surface area contributed by atoms with Gasteiger partial charge in [-0.1, -0.05) is 0 Å². The van der Waals surface area contributed by atoms with Gasteiger partial charge < -0.3 is 10.5 Å². The van der Waals surface area contributed by atoms with E-state index in [1.54, 1.807) is 24.6 Å². The van der Waals surface area contributed by atoms with Gasteiger partial charge in [-0.2, -0.15) is 0 Å². The molecule has 1 aliphatic rings. The molecule has 0 aromatic carbocycles. The Bertz CT molecular complexity index is 531. The van der Waals surface area contributed by atoms with Crippen molar-refractivity contribution in [3.63, 3.8) is 0 Å². The predicted octanol–water partition coefficient (Wildman–Crippen LogP) is 2.67. The van der Waals surface area contributed by atoms with Crippen LogP contribution in [0.15, 0.2) is 18.3 Å². The Morgan fingerprint density at radius 3 is 2.82 bits per heavy atom. The van der Waals surface area contributed by atoms with Crippen molar-refractivity contribution < 1.29 is 4.74 Å². The normalized spacial score (nSPS) is 14.9. The van der Waals surface area contributed by atoms with Crippen LogP contribution in [0.1, 0.15) is 23.8 Å². The number of ether oxygens (including phenoxy) is 1. The molecule has 1 aliphatic carbocycles. The summed E-state index contributed by atoms with van der Waals surface area (Å²) in [5.74, 6) is 1.24. The second kappa shape index (κ2) is 4.00. The SMILES string of the molecule is COc1ccc(-c2nc(C3CC3)sc2N)cn1. The molecule has 1 fully saturated rings. The average molecular weight is 247 g/mol. The van der Waals surface area contributed by atoms with E-state index in [1.165, 1.54) is 12.8 Å². The zero-order valence-corrected chi connectivity index (χ0v) is 10.3. The second-order valence-corrected chi connectivity index (χ2v) is 5.19. The van der Waals surface area contributed by atoms with Crippen molar-refractivity contribution in [2.24, 2.45) is 0 Å². The van der Waals surface area contributed by atoms with Gasteiger partial charge in [-0.05, 0) is 18.9 Å². The molecule has 0 unspecified atom stereocenters. The molecule has 88 valence electrons. The molecule has 0 saturated heterocycles. The monoisotopic (exact) mass is 247 g/mol. The van der Waals surface area contributed by atoms with Gasteiger partial charge in [0, 0.05) is 23.7 Å². The highest BCUT2D eigenvalue weighted by molar-refractivity contribution is 7.16. The number of hydrogen-bond acceptors (Lipinski definition) is 5. The summed E-state index contributed by atoms with van der Waals surface area (Å²) in [6, 6.07) is 3.76. The molecule has 0 bridgehead atoms. The molecule has 0 radical (unpaired) electrons. The van der Waals surface area contributed by atoms with Crippen LogP contribution in [-0.2, 0) is 0 Å². The van der Waals surface area contributed by atoms with Gasteiger partial charge in [0.2, 0.25) is 5.88 Å². The topological polar surface area (TPSA) is 61.0 Å². The Hall–Kier alpha value is -1.62. The number of rotatable bonds is 3. The molecule has 3 rings (SSSR count). The molecule has 17 heavy (non-hydrogen) atoms. The Morgan fingerprint density at radius 1 is 1.41 bits per heavy atom. The number of anilines is 1. The van der Waals surface area contributed by atoms with Crippen molar-refractivity contribution in [2.45, 2.75) is 18.8 Å². The number of nitrogens with two attached hydrogens (primary N) is 1. The summed E-state index contributed by atoms with van der Waals surface area (Å²) in [6.45, 7) is 0. The Labute approximate surface area is 103 Å². The minimum atomic E-state index is 0.602. The van der Waals surface area contributed by atoms with Crippen LogP contribution in [0.25, 0.3) is 11.3 Å². The minimum Gasteiger partial charge on any atom is -0.481 e. The minimum absolute atomic E-state index is 0.602. The molecule has 2 heterocycles. The molecular weight excluding hydrogens is 234 g/mol. The van der Waals surface area contributed by atoms with Crippen molar-refractivity contribution >= 4 is 16.3 Å². The van der Waals surface area contributed by atoms with Gasteiger partial charge in [-0.3, -0.25) is 0 Å². The van der Waals surface area contributed by atoms with Crippen LogP contribution in [0.4, 0.5) is 5.00 Å². The molecule has 2 N–H and O–H groups in total. The van der Waals surface area contributed by atoms with E-state index in [0.717, 1.165) is 21.3 Å². The van der Waals surface area contributed by atoms with Gasteiger partial charge in [-0.15, -0.1) is 11.3 Å². The zero-order chi connectivity index (χ0) is 11.8. The Balaban J connectivity index is 1.95. The van der Waals surface area contributed by atoms with E-state index in [2.05, 4.69) is 9.97 Å². The van der Waals surface area contributed by atoms with Crippen molar-refractivity contribution in [1.82, 2.24) is 9.97 Å². The van der Waals surface area contributed by atoms with Gasteiger partial charge in [0.15, 0.2) is 0 Å². The predicted molar refractivity (Wildman–Crippen MR) is 68.3 cm³/mol. The molecule has 2 aromatic heterocycles. The van der Waals surface area contributed by atoms with Gasteiger partial charge in [0.1, 0.15) is 10.7 Å². The lowest BCUT2D eigenvalue weighted by Crippen LogP contribution is -1.90. The Kier molecular flexibility index (Phi) is 2.48. The van der Waals surface area contributed by atoms with E-state index in [-0.39, 0.29) is 0 Å². The van der Waals surface area contributed by atoms with E-state index in [4.69, 9.17) is 10.5 Å². The maximum Gasteiger partial charge on any atom is 0.212 e. The number of methoxy groups -OCH3 is 1. The molecule has 0 atom stereocenters. The number of thiazole rings is 1.